The van der Waals surface area contributed by atoms with Gasteiger partial charge in [-0.3, -0.25) is 15.0 Å². The van der Waals surface area contributed by atoms with Gasteiger partial charge >= 0.3 is 0 Å². The van der Waals surface area contributed by atoms with E-state index in [2.05, 4.69) is 10.2 Å². The maximum Gasteiger partial charge on any atom is 0.269 e. The zero-order valence-corrected chi connectivity index (χ0v) is 13.4. The minimum atomic E-state index is -0.333. The summed E-state index contributed by atoms with van der Waals surface area (Å²) >= 11 is 0. The van der Waals surface area contributed by atoms with Gasteiger partial charge in [0.1, 0.15) is 0 Å². The summed E-state index contributed by atoms with van der Waals surface area (Å²) in [6.45, 7) is 4.21. The Kier molecular flexibility index (Phi) is 6.87. The van der Waals surface area contributed by atoms with Crippen LogP contribution in [0.2, 0.25) is 0 Å². The number of nitrogens with one attached hydrogen (secondary N) is 1. The Morgan fingerprint density at radius 2 is 1.71 bits per heavy atom. The summed E-state index contributed by atoms with van der Waals surface area (Å²) in [5, 5.41) is 14.1. The second kappa shape index (κ2) is 7.94. The maximum absolute atomic E-state index is 10.7. The molecule has 21 heavy (non-hydrogen) atoms. The highest BCUT2D eigenvalue weighted by Gasteiger charge is 2.36. The summed E-state index contributed by atoms with van der Waals surface area (Å²) in [5.74, 6) is 0.736. The average molecular weight is 334 g/mol. The lowest BCUT2D eigenvalue weighted by atomic mass is 9.99. The summed E-state index contributed by atoms with van der Waals surface area (Å²) in [6, 6.07) is 7.58. The zero-order valence-electron chi connectivity index (χ0n) is 11.7. The van der Waals surface area contributed by atoms with Gasteiger partial charge < -0.3 is 5.32 Å². The van der Waals surface area contributed by atoms with E-state index in [0.29, 0.717) is 6.04 Å². The third-order valence-corrected chi connectivity index (χ3v) is 4.06. The van der Waals surface area contributed by atoms with E-state index < -0.39 is 0 Å². The number of rotatable bonds is 4. The number of hydrogen-bond donors (Lipinski definition) is 1. The van der Waals surface area contributed by atoms with Crippen LogP contribution < -0.4 is 5.32 Å². The number of benzene rings is 1. The van der Waals surface area contributed by atoms with Crippen LogP contribution in [0, 0.1) is 16.0 Å². The molecule has 1 N–H and O–H groups in total. The Morgan fingerprint density at radius 1 is 1.14 bits per heavy atom. The van der Waals surface area contributed by atoms with E-state index in [9.17, 15) is 10.1 Å². The summed E-state index contributed by atoms with van der Waals surface area (Å²) in [7, 11) is 0. The van der Waals surface area contributed by atoms with Crippen LogP contribution in [0.15, 0.2) is 24.3 Å². The van der Waals surface area contributed by atoms with Crippen molar-refractivity contribution in [2.24, 2.45) is 5.92 Å². The molecule has 0 amide bonds. The van der Waals surface area contributed by atoms with Gasteiger partial charge in [0.2, 0.25) is 0 Å². The smallest absolute Gasteiger partial charge is 0.269 e. The fourth-order valence-electron chi connectivity index (χ4n) is 2.95. The van der Waals surface area contributed by atoms with Crippen LogP contribution in [0.25, 0.3) is 0 Å². The summed E-state index contributed by atoms with van der Waals surface area (Å²) < 4.78 is 0. The molecule has 0 aromatic heterocycles. The van der Waals surface area contributed by atoms with Crippen LogP contribution in [0.3, 0.4) is 0 Å². The first-order chi connectivity index (χ1) is 9.25. The molecule has 0 spiro atoms. The van der Waals surface area contributed by atoms with E-state index in [1.165, 1.54) is 18.4 Å². The Hall–Kier alpha value is -0.880. The minimum absolute atomic E-state index is 0. The minimum Gasteiger partial charge on any atom is -0.314 e. The van der Waals surface area contributed by atoms with Crippen LogP contribution in [0.1, 0.15) is 24.4 Å². The van der Waals surface area contributed by atoms with Crippen molar-refractivity contribution >= 4 is 30.5 Å². The second-order valence-electron chi connectivity index (χ2n) is 5.42. The van der Waals surface area contributed by atoms with Crippen LogP contribution in [-0.4, -0.2) is 36.0 Å². The number of nitro groups is 1. The Labute approximate surface area is 137 Å². The van der Waals surface area contributed by atoms with Gasteiger partial charge in [0, 0.05) is 44.4 Å². The van der Waals surface area contributed by atoms with Crippen molar-refractivity contribution in [2.45, 2.75) is 18.9 Å². The molecule has 2 aliphatic rings. The van der Waals surface area contributed by atoms with Crippen molar-refractivity contribution in [3.05, 3.63) is 39.9 Å². The number of hydrogen-bond acceptors (Lipinski definition) is 4. The topological polar surface area (TPSA) is 58.4 Å². The molecular weight excluding hydrogens is 313 g/mol. The molecule has 5 nitrogen and oxygen atoms in total. The lowest BCUT2D eigenvalue weighted by Gasteiger charge is -2.35. The van der Waals surface area contributed by atoms with Gasteiger partial charge in [0.15, 0.2) is 0 Å². The maximum atomic E-state index is 10.7. The van der Waals surface area contributed by atoms with Crippen molar-refractivity contribution in [1.29, 1.82) is 0 Å². The third-order valence-electron chi connectivity index (χ3n) is 4.06. The predicted octanol–water partition coefficient (Wildman–Crippen LogP) is 2.79. The van der Waals surface area contributed by atoms with Crippen molar-refractivity contribution in [1.82, 2.24) is 10.2 Å². The number of non-ortho nitro benzene ring substituents is 1. The highest BCUT2D eigenvalue weighted by atomic mass is 35.5. The Bertz CT molecular complexity index is 460. The number of halogens is 2. The normalized spacial score (nSPS) is 20.0. The lowest BCUT2D eigenvalue weighted by Crippen LogP contribution is -2.45. The first-order valence-corrected chi connectivity index (χ1v) is 6.95. The van der Waals surface area contributed by atoms with E-state index in [0.717, 1.165) is 32.1 Å². The molecule has 2 fully saturated rings. The molecule has 1 aromatic rings. The molecule has 1 atom stereocenters. The van der Waals surface area contributed by atoms with Crippen molar-refractivity contribution in [2.75, 3.05) is 26.2 Å². The monoisotopic (exact) mass is 333 g/mol. The quantitative estimate of drug-likeness (QED) is 0.679. The first-order valence-electron chi connectivity index (χ1n) is 6.95. The highest BCUT2D eigenvalue weighted by molar-refractivity contribution is 5.85. The molecule has 0 bridgehead atoms. The van der Waals surface area contributed by atoms with Gasteiger partial charge in [-0.1, -0.05) is 12.1 Å². The molecule has 7 heteroatoms. The van der Waals surface area contributed by atoms with Gasteiger partial charge in [-0.2, -0.15) is 0 Å². The molecule has 0 unspecified atom stereocenters. The molecule has 1 aliphatic heterocycles. The summed E-state index contributed by atoms with van der Waals surface area (Å²) in [6.07, 6.45) is 2.57. The van der Waals surface area contributed by atoms with E-state index in [1.807, 2.05) is 12.1 Å². The first kappa shape index (κ1) is 18.2. The number of nitro benzene ring substituents is 1. The van der Waals surface area contributed by atoms with Crippen molar-refractivity contribution in [3.8, 4) is 0 Å². The fourth-order valence-corrected chi connectivity index (χ4v) is 2.95. The fraction of sp³-hybridized carbons (Fsp3) is 0.571. The molecule has 1 saturated carbocycles. The highest BCUT2D eigenvalue weighted by Crippen LogP contribution is 2.44. The van der Waals surface area contributed by atoms with E-state index in [1.54, 1.807) is 12.1 Å². The molecular formula is C14H21Cl2N3O2. The van der Waals surface area contributed by atoms with Crippen LogP contribution >= 0.6 is 24.8 Å². The molecule has 1 aliphatic carbocycles. The van der Waals surface area contributed by atoms with Crippen molar-refractivity contribution in [3.63, 3.8) is 0 Å². The molecule has 118 valence electrons. The van der Waals surface area contributed by atoms with Gasteiger partial charge in [0.25, 0.3) is 5.69 Å². The van der Waals surface area contributed by atoms with Gasteiger partial charge in [-0.25, -0.2) is 0 Å². The van der Waals surface area contributed by atoms with Crippen LogP contribution in [-0.2, 0) is 0 Å². The molecule has 3 rings (SSSR count). The summed E-state index contributed by atoms with van der Waals surface area (Å²) in [4.78, 5) is 12.9. The number of piperazine rings is 1. The van der Waals surface area contributed by atoms with E-state index in [-0.39, 0.29) is 35.4 Å². The lowest BCUT2D eigenvalue weighted by molar-refractivity contribution is -0.384. The molecule has 0 radical (unpaired) electrons. The van der Waals surface area contributed by atoms with Gasteiger partial charge in [0.05, 0.1) is 4.92 Å². The van der Waals surface area contributed by atoms with E-state index in [4.69, 9.17) is 0 Å². The third kappa shape index (κ3) is 4.30. The van der Waals surface area contributed by atoms with Gasteiger partial charge in [-0.05, 0) is 24.3 Å². The molecule has 1 aromatic carbocycles. The van der Waals surface area contributed by atoms with Crippen LogP contribution in [0.4, 0.5) is 5.69 Å². The average Bonchev–Trinajstić information content (AvgIpc) is 3.25. The number of nitrogens with zero attached hydrogens (tertiary/aromatic N) is 2. The van der Waals surface area contributed by atoms with Crippen LogP contribution in [0.5, 0.6) is 0 Å². The molecule has 1 saturated heterocycles. The standard InChI is InChI=1S/C14H19N3O2.2ClH/c18-17(19)13-5-3-12(4-6-13)14(11-1-2-11)16-9-7-15-8-10-16;;/h3-6,11,14-15H,1-2,7-10H2;2*1H/t14-;;/m0../s1. The Balaban J connectivity index is 0.00000110. The zero-order chi connectivity index (χ0) is 13.2. The second-order valence-corrected chi connectivity index (χ2v) is 5.42. The summed E-state index contributed by atoms with van der Waals surface area (Å²) in [5.41, 5.74) is 1.41. The van der Waals surface area contributed by atoms with Gasteiger partial charge in [-0.15, -0.1) is 24.8 Å². The van der Waals surface area contributed by atoms with E-state index >= 15 is 0 Å². The van der Waals surface area contributed by atoms with Crippen molar-refractivity contribution < 1.29 is 4.92 Å². The molecule has 1 heterocycles. The Morgan fingerprint density at radius 3 is 2.19 bits per heavy atom. The predicted molar refractivity (Wildman–Crippen MR) is 87.5 cm³/mol. The SMILES string of the molecule is Cl.Cl.O=[N+]([O-])c1ccc([C@H](C2CC2)N2CCNCC2)cc1. The largest absolute Gasteiger partial charge is 0.314 e.